The Balaban J connectivity index is 1.60. The third-order valence-corrected chi connectivity index (χ3v) is 4.56. The first-order valence-electron chi connectivity index (χ1n) is 10.0. The van der Waals surface area contributed by atoms with Crippen molar-refractivity contribution < 1.29 is 19.0 Å². The zero-order valence-electron chi connectivity index (χ0n) is 17.3. The summed E-state index contributed by atoms with van der Waals surface area (Å²) in [7, 11) is 1.63. The summed E-state index contributed by atoms with van der Waals surface area (Å²) in [5.74, 6) is 1.14. The summed E-state index contributed by atoms with van der Waals surface area (Å²) in [6.45, 7) is 2.88. The first-order chi connectivity index (χ1) is 14.7. The summed E-state index contributed by atoms with van der Waals surface area (Å²) in [5, 5.41) is 2.91. The van der Waals surface area contributed by atoms with Gasteiger partial charge in [-0.05, 0) is 41.8 Å². The minimum absolute atomic E-state index is 0.196. The summed E-state index contributed by atoms with van der Waals surface area (Å²) in [6.07, 6.45) is -0.0401. The standard InChI is InChI=1S/C25H27NO4/c1-3-24(25(27)26-21-10-7-11-23(18-21)29-17-16-28-2)30-22-14-12-20(13-15-22)19-8-5-4-6-9-19/h4-15,18,24H,3,16-17H2,1-2H3,(H,26,27). The van der Waals surface area contributed by atoms with Gasteiger partial charge in [0.1, 0.15) is 18.1 Å². The Labute approximate surface area is 177 Å². The lowest BCUT2D eigenvalue weighted by atomic mass is 10.1. The number of methoxy groups -OCH3 is 1. The van der Waals surface area contributed by atoms with Crippen LogP contribution in [-0.2, 0) is 9.53 Å². The number of benzene rings is 3. The smallest absolute Gasteiger partial charge is 0.265 e. The molecule has 30 heavy (non-hydrogen) atoms. The van der Waals surface area contributed by atoms with Crippen molar-refractivity contribution in [2.75, 3.05) is 25.6 Å². The van der Waals surface area contributed by atoms with Crippen molar-refractivity contribution >= 4 is 11.6 Å². The van der Waals surface area contributed by atoms with Crippen molar-refractivity contribution in [3.05, 3.63) is 78.9 Å². The van der Waals surface area contributed by atoms with Crippen LogP contribution in [0.2, 0.25) is 0 Å². The topological polar surface area (TPSA) is 56.8 Å². The van der Waals surface area contributed by atoms with Gasteiger partial charge < -0.3 is 19.5 Å². The summed E-state index contributed by atoms with van der Waals surface area (Å²) < 4.78 is 16.5. The molecule has 3 rings (SSSR count). The molecule has 5 nitrogen and oxygen atoms in total. The number of anilines is 1. The summed E-state index contributed by atoms with van der Waals surface area (Å²) in [5.41, 5.74) is 2.91. The lowest BCUT2D eigenvalue weighted by Crippen LogP contribution is -2.32. The lowest BCUT2D eigenvalue weighted by Gasteiger charge is -2.18. The van der Waals surface area contributed by atoms with E-state index in [1.165, 1.54) is 0 Å². The van der Waals surface area contributed by atoms with E-state index in [1.807, 2.05) is 67.6 Å². The van der Waals surface area contributed by atoms with Crippen LogP contribution in [0.4, 0.5) is 5.69 Å². The fourth-order valence-corrected chi connectivity index (χ4v) is 2.97. The number of hydrogen-bond acceptors (Lipinski definition) is 4. The molecule has 3 aromatic carbocycles. The van der Waals surface area contributed by atoms with Gasteiger partial charge in [-0.15, -0.1) is 0 Å². The van der Waals surface area contributed by atoms with Gasteiger partial charge in [0.05, 0.1) is 6.61 Å². The van der Waals surface area contributed by atoms with Crippen molar-refractivity contribution in [1.29, 1.82) is 0 Å². The second-order valence-electron chi connectivity index (χ2n) is 6.76. The summed E-state index contributed by atoms with van der Waals surface area (Å²) >= 11 is 0. The molecule has 1 amide bonds. The van der Waals surface area contributed by atoms with Crippen LogP contribution in [0.1, 0.15) is 13.3 Å². The van der Waals surface area contributed by atoms with Crippen LogP contribution in [0, 0.1) is 0 Å². The number of amides is 1. The Morgan fingerprint density at radius 3 is 2.30 bits per heavy atom. The Morgan fingerprint density at radius 2 is 1.60 bits per heavy atom. The van der Waals surface area contributed by atoms with Crippen molar-refractivity contribution in [1.82, 2.24) is 0 Å². The Bertz CT molecular complexity index is 925. The van der Waals surface area contributed by atoms with Crippen molar-refractivity contribution in [3.8, 4) is 22.6 Å². The molecule has 3 aromatic rings. The van der Waals surface area contributed by atoms with E-state index < -0.39 is 6.10 Å². The van der Waals surface area contributed by atoms with E-state index in [4.69, 9.17) is 14.2 Å². The van der Waals surface area contributed by atoms with E-state index in [9.17, 15) is 4.79 Å². The quantitative estimate of drug-likeness (QED) is 0.473. The molecule has 0 radical (unpaired) electrons. The van der Waals surface area contributed by atoms with Crippen LogP contribution in [0.5, 0.6) is 11.5 Å². The van der Waals surface area contributed by atoms with Gasteiger partial charge in [-0.3, -0.25) is 4.79 Å². The van der Waals surface area contributed by atoms with Crippen LogP contribution in [0.15, 0.2) is 78.9 Å². The van der Waals surface area contributed by atoms with Crippen LogP contribution < -0.4 is 14.8 Å². The fourth-order valence-electron chi connectivity index (χ4n) is 2.97. The highest BCUT2D eigenvalue weighted by Crippen LogP contribution is 2.23. The minimum Gasteiger partial charge on any atom is -0.491 e. The maximum Gasteiger partial charge on any atom is 0.265 e. The van der Waals surface area contributed by atoms with Gasteiger partial charge in [0.2, 0.25) is 0 Å². The predicted octanol–water partition coefficient (Wildman–Crippen LogP) is 5.17. The molecule has 0 saturated heterocycles. The number of carbonyl (C=O) groups is 1. The average molecular weight is 405 g/mol. The number of rotatable bonds is 10. The van der Waals surface area contributed by atoms with Crippen molar-refractivity contribution in [3.63, 3.8) is 0 Å². The van der Waals surface area contributed by atoms with Gasteiger partial charge in [-0.1, -0.05) is 55.5 Å². The second kappa shape index (κ2) is 11.0. The first kappa shape index (κ1) is 21.4. The SMILES string of the molecule is CCC(Oc1ccc(-c2ccccc2)cc1)C(=O)Nc1cccc(OCCOC)c1. The summed E-state index contributed by atoms with van der Waals surface area (Å²) in [6, 6.07) is 25.2. The lowest BCUT2D eigenvalue weighted by molar-refractivity contribution is -0.122. The molecule has 0 aliphatic carbocycles. The van der Waals surface area contributed by atoms with Gasteiger partial charge in [-0.25, -0.2) is 0 Å². The minimum atomic E-state index is -0.592. The van der Waals surface area contributed by atoms with Gasteiger partial charge >= 0.3 is 0 Å². The maximum absolute atomic E-state index is 12.7. The molecule has 0 aromatic heterocycles. The van der Waals surface area contributed by atoms with E-state index in [0.717, 1.165) is 11.1 Å². The van der Waals surface area contributed by atoms with E-state index in [0.29, 0.717) is 36.8 Å². The molecule has 0 saturated carbocycles. The van der Waals surface area contributed by atoms with Crippen LogP contribution in [0.3, 0.4) is 0 Å². The molecule has 156 valence electrons. The van der Waals surface area contributed by atoms with E-state index in [1.54, 1.807) is 13.2 Å². The van der Waals surface area contributed by atoms with E-state index in [2.05, 4.69) is 17.4 Å². The highest BCUT2D eigenvalue weighted by Gasteiger charge is 2.19. The first-order valence-corrected chi connectivity index (χ1v) is 10.0. The Morgan fingerprint density at radius 1 is 0.867 bits per heavy atom. The van der Waals surface area contributed by atoms with Crippen LogP contribution in [-0.4, -0.2) is 32.3 Å². The molecule has 1 unspecified atom stereocenters. The predicted molar refractivity (Wildman–Crippen MR) is 119 cm³/mol. The zero-order valence-corrected chi connectivity index (χ0v) is 17.3. The fraction of sp³-hybridized carbons (Fsp3) is 0.240. The molecule has 0 aliphatic heterocycles. The highest BCUT2D eigenvalue weighted by atomic mass is 16.5. The van der Waals surface area contributed by atoms with Gasteiger partial charge in [0.15, 0.2) is 6.10 Å². The van der Waals surface area contributed by atoms with Gasteiger partial charge in [-0.2, -0.15) is 0 Å². The number of nitrogens with one attached hydrogen (secondary N) is 1. The third kappa shape index (κ3) is 6.09. The molecule has 5 heteroatoms. The molecule has 0 bridgehead atoms. The Kier molecular flexibility index (Phi) is 7.86. The largest absolute Gasteiger partial charge is 0.491 e. The van der Waals surface area contributed by atoms with Gasteiger partial charge in [0.25, 0.3) is 5.91 Å². The number of ether oxygens (including phenoxy) is 3. The second-order valence-corrected chi connectivity index (χ2v) is 6.76. The van der Waals surface area contributed by atoms with Gasteiger partial charge in [0, 0.05) is 18.9 Å². The van der Waals surface area contributed by atoms with E-state index >= 15 is 0 Å². The summed E-state index contributed by atoms with van der Waals surface area (Å²) in [4.78, 5) is 12.7. The third-order valence-electron chi connectivity index (χ3n) is 4.56. The highest BCUT2D eigenvalue weighted by molar-refractivity contribution is 5.94. The molecule has 0 spiro atoms. The zero-order chi connectivity index (χ0) is 21.2. The van der Waals surface area contributed by atoms with Crippen LogP contribution in [0.25, 0.3) is 11.1 Å². The molecular weight excluding hydrogens is 378 g/mol. The number of hydrogen-bond donors (Lipinski definition) is 1. The number of carbonyl (C=O) groups excluding carboxylic acids is 1. The van der Waals surface area contributed by atoms with Crippen molar-refractivity contribution in [2.45, 2.75) is 19.4 Å². The Hall–Kier alpha value is -3.31. The molecule has 0 aliphatic rings. The van der Waals surface area contributed by atoms with Crippen molar-refractivity contribution in [2.24, 2.45) is 0 Å². The van der Waals surface area contributed by atoms with Crippen LogP contribution >= 0.6 is 0 Å². The molecule has 1 N–H and O–H groups in total. The monoisotopic (exact) mass is 405 g/mol. The maximum atomic E-state index is 12.7. The average Bonchev–Trinajstić information content (AvgIpc) is 2.79. The molecule has 1 atom stereocenters. The molecule has 0 heterocycles. The normalized spacial score (nSPS) is 11.5. The van der Waals surface area contributed by atoms with E-state index in [-0.39, 0.29) is 5.91 Å². The molecular formula is C25H27NO4. The molecule has 0 fully saturated rings.